The molecule has 0 spiro atoms. The molecule has 0 unspecified atom stereocenters. The second-order valence-electron chi connectivity index (χ2n) is 7.03. The maximum Gasteiger partial charge on any atom is 0.416 e. The standard InChI is InChI=1S/C20H21ClF3N3S2/c1-28-27-5-4-14-10-18(2-3-19(14)27)29-26-8-6-25(7-9-26)17-12-15(20(22,23)24)11-16(21)13-17/h2-3,10-13H,4-9H2,1H3. The fourth-order valence-corrected chi connectivity index (χ4v) is 5.55. The van der Waals surface area contributed by atoms with E-state index in [1.54, 1.807) is 30.0 Å². The third-order valence-electron chi connectivity index (χ3n) is 5.17. The van der Waals surface area contributed by atoms with Gasteiger partial charge in [-0.15, -0.1) is 0 Å². The van der Waals surface area contributed by atoms with Crippen LogP contribution < -0.4 is 9.21 Å². The third kappa shape index (κ3) is 4.76. The van der Waals surface area contributed by atoms with Crippen LogP contribution in [0.4, 0.5) is 24.5 Å². The molecular weight excluding hydrogens is 439 g/mol. The molecule has 156 valence electrons. The van der Waals surface area contributed by atoms with Gasteiger partial charge in [0.15, 0.2) is 0 Å². The Hall–Kier alpha value is -1.22. The molecule has 3 nitrogen and oxygen atoms in total. The lowest BCUT2D eigenvalue weighted by atomic mass is 10.1. The van der Waals surface area contributed by atoms with Gasteiger partial charge < -0.3 is 9.21 Å². The van der Waals surface area contributed by atoms with E-state index in [0.717, 1.165) is 32.1 Å². The Morgan fingerprint density at radius 2 is 1.72 bits per heavy atom. The van der Waals surface area contributed by atoms with Crippen LogP contribution in [0.25, 0.3) is 0 Å². The lowest BCUT2D eigenvalue weighted by Gasteiger charge is -2.35. The third-order valence-corrected chi connectivity index (χ3v) is 7.30. The van der Waals surface area contributed by atoms with Crippen LogP contribution in [0.15, 0.2) is 41.3 Å². The van der Waals surface area contributed by atoms with Crippen molar-refractivity contribution in [3.05, 3.63) is 52.5 Å². The largest absolute Gasteiger partial charge is 0.416 e. The molecule has 0 bridgehead atoms. The number of hydrogen-bond acceptors (Lipinski definition) is 5. The quantitative estimate of drug-likeness (QED) is 0.530. The van der Waals surface area contributed by atoms with E-state index in [0.29, 0.717) is 18.8 Å². The number of piperazine rings is 1. The highest BCUT2D eigenvalue weighted by molar-refractivity contribution is 8.00. The summed E-state index contributed by atoms with van der Waals surface area (Å²) in [4.78, 5) is 3.18. The Balaban J connectivity index is 1.39. The Kier molecular flexibility index (Phi) is 6.16. The number of hydrogen-bond donors (Lipinski definition) is 0. The van der Waals surface area contributed by atoms with E-state index >= 15 is 0 Å². The van der Waals surface area contributed by atoms with Crippen molar-refractivity contribution < 1.29 is 13.2 Å². The zero-order valence-electron chi connectivity index (χ0n) is 15.9. The molecule has 2 aromatic carbocycles. The van der Waals surface area contributed by atoms with Gasteiger partial charge in [-0.25, -0.2) is 4.31 Å². The van der Waals surface area contributed by atoms with Gasteiger partial charge in [-0.3, -0.25) is 0 Å². The van der Waals surface area contributed by atoms with Crippen LogP contribution >= 0.6 is 35.5 Å². The van der Waals surface area contributed by atoms with E-state index in [-0.39, 0.29) is 5.02 Å². The lowest BCUT2D eigenvalue weighted by Crippen LogP contribution is -2.43. The minimum absolute atomic E-state index is 0.115. The Morgan fingerprint density at radius 1 is 0.966 bits per heavy atom. The van der Waals surface area contributed by atoms with Crippen molar-refractivity contribution >= 4 is 46.9 Å². The average Bonchev–Trinajstić information content (AvgIpc) is 3.10. The van der Waals surface area contributed by atoms with Gasteiger partial charge >= 0.3 is 6.18 Å². The van der Waals surface area contributed by atoms with Crippen LogP contribution in [0, 0.1) is 0 Å². The molecule has 0 atom stereocenters. The molecule has 0 radical (unpaired) electrons. The van der Waals surface area contributed by atoms with Crippen LogP contribution in [0.2, 0.25) is 5.02 Å². The van der Waals surface area contributed by atoms with E-state index in [1.807, 2.05) is 4.90 Å². The van der Waals surface area contributed by atoms with Gasteiger partial charge in [-0.1, -0.05) is 23.5 Å². The Morgan fingerprint density at radius 3 is 2.41 bits per heavy atom. The SMILES string of the molecule is CSN1CCc2cc(SN3CCN(c4cc(Cl)cc(C(F)(F)F)c4)CC3)ccc21. The molecule has 0 saturated carbocycles. The first kappa shape index (κ1) is 21.0. The number of rotatable bonds is 4. The van der Waals surface area contributed by atoms with Crippen LogP contribution in [0.5, 0.6) is 0 Å². The van der Waals surface area contributed by atoms with Crippen LogP contribution in [0.3, 0.4) is 0 Å². The molecule has 2 aliphatic heterocycles. The highest BCUT2D eigenvalue weighted by Crippen LogP contribution is 2.37. The monoisotopic (exact) mass is 459 g/mol. The predicted molar refractivity (Wildman–Crippen MR) is 117 cm³/mol. The molecule has 1 fully saturated rings. The number of halogens is 4. The minimum Gasteiger partial charge on any atom is -0.369 e. The number of fused-ring (bicyclic) bond motifs is 1. The lowest BCUT2D eigenvalue weighted by molar-refractivity contribution is -0.137. The molecule has 9 heteroatoms. The second-order valence-corrected chi connectivity index (χ2v) is 9.44. The number of alkyl halides is 3. The summed E-state index contributed by atoms with van der Waals surface area (Å²) in [6.07, 6.45) is -1.24. The van der Waals surface area contributed by atoms with Crippen molar-refractivity contribution in [2.24, 2.45) is 0 Å². The Bertz CT molecular complexity index is 886. The summed E-state index contributed by atoms with van der Waals surface area (Å²) in [5.74, 6) is 0. The van der Waals surface area contributed by atoms with Gasteiger partial charge in [0.25, 0.3) is 0 Å². The normalized spacial score (nSPS) is 17.7. The van der Waals surface area contributed by atoms with Crippen LogP contribution in [-0.2, 0) is 12.6 Å². The van der Waals surface area contributed by atoms with Crippen molar-refractivity contribution in [1.82, 2.24) is 4.31 Å². The summed E-state index contributed by atoms with van der Waals surface area (Å²) in [5.41, 5.74) is 2.51. The molecule has 0 amide bonds. The van der Waals surface area contributed by atoms with Crippen molar-refractivity contribution in [2.75, 3.05) is 48.2 Å². The van der Waals surface area contributed by atoms with Gasteiger partial charge in [0.2, 0.25) is 0 Å². The maximum absolute atomic E-state index is 13.1. The van der Waals surface area contributed by atoms with Crippen LogP contribution in [0.1, 0.15) is 11.1 Å². The molecule has 2 aromatic rings. The first-order chi connectivity index (χ1) is 13.8. The fraction of sp³-hybridized carbons (Fsp3) is 0.400. The molecule has 1 saturated heterocycles. The summed E-state index contributed by atoms with van der Waals surface area (Å²) in [7, 11) is 0. The van der Waals surface area contributed by atoms with E-state index in [4.69, 9.17) is 11.6 Å². The molecule has 29 heavy (non-hydrogen) atoms. The molecule has 4 rings (SSSR count). The highest BCUT2D eigenvalue weighted by atomic mass is 35.5. The predicted octanol–water partition coefficient (Wildman–Crippen LogP) is 5.83. The first-order valence-corrected chi connectivity index (χ1v) is 11.7. The molecule has 0 N–H and O–H groups in total. The molecular formula is C20H21ClF3N3S2. The summed E-state index contributed by atoms with van der Waals surface area (Å²) in [6.45, 7) is 3.91. The number of anilines is 2. The smallest absolute Gasteiger partial charge is 0.369 e. The average molecular weight is 460 g/mol. The highest BCUT2D eigenvalue weighted by Gasteiger charge is 2.32. The van der Waals surface area contributed by atoms with Crippen molar-refractivity contribution in [1.29, 1.82) is 0 Å². The zero-order valence-corrected chi connectivity index (χ0v) is 18.3. The number of nitrogens with zero attached hydrogens (tertiary/aromatic N) is 3. The van der Waals surface area contributed by atoms with Gasteiger partial charge in [0.1, 0.15) is 0 Å². The summed E-state index contributed by atoms with van der Waals surface area (Å²) in [5, 5.41) is 0.115. The van der Waals surface area contributed by atoms with Gasteiger partial charge in [-0.05, 0) is 60.3 Å². The van der Waals surface area contributed by atoms with E-state index in [1.165, 1.54) is 22.2 Å². The summed E-state index contributed by atoms with van der Waals surface area (Å²) >= 11 is 9.40. The fourth-order valence-electron chi connectivity index (χ4n) is 3.70. The molecule has 2 heterocycles. The molecule has 0 aliphatic carbocycles. The van der Waals surface area contributed by atoms with Crippen LogP contribution in [-0.4, -0.2) is 43.3 Å². The molecule has 0 aromatic heterocycles. The topological polar surface area (TPSA) is 9.72 Å². The van der Waals surface area contributed by atoms with E-state index < -0.39 is 11.7 Å². The summed E-state index contributed by atoms with van der Waals surface area (Å²) in [6, 6.07) is 10.4. The van der Waals surface area contributed by atoms with E-state index in [9.17, 15) is 13.2 Å². The molecule has 2 aliphatic rings. The number of benzene rings is 2. The minimum atomic E-state index is -4.39. The van der Waals surface area contributed by atoms with Crippen molar-refractivity contribution in [2.45, 2.75) is 17.5 Å². The second kappa shape index (κ2) is 8.49. The van der Waals surface area contributed by atoms with Gasteiger partial charge in [0.05, 0.1) is 11.3 Å². The van der Waals surface area contributed by atoms with Crippen molar-refractivity contribution in [3.8, 4) is 0 Å². The van der Waals surface area contributed by atoms with Crippen molar-refractivity contribution in [3.63, 3.8) is 0 Å². The van der Waals surface area contributed by atoms with Gasteiger partial charge in [0, 0.05) is 54.6 Å². The van der Waals surface area contributed by atoms with Gasteiger partial charge in [-0.2, -0.15) is 13.2 Å². The first-order valence-electron chi connectivity index (χ1n) is 9.34. The van der Waals surface area contributed by atoms with E-state index in [2.05, 4.69) is 33.1 Å². The Labute approximate surface area is 182 Å². The zero-order chi connectivity index (χ0) is 20.6. The maximum atomic E-state index is 13.1. The summed E-state index contributed by atoms with van der Waals surface area (Å²) < 4.78 is 43.8.